The second kappa shape index (κ2) is 8.00. The van der Waals surface area contributed by atoms with E-state index in [0.29, 0.717) is 15.5 Å². The third kappa shape index (κ3) is 3.50. The molecule has 0 aliphatic carbocycles. The van der Waals surface area contributed by atoms with Crippen molar-refractivity contribution in [2.45, 2.75) is 17.3 Å². The normalized spacial score (nSPS) is 18.2. The number of carbonyl (C=O) groups is 2. The van der Waals surface area contributed by atoms with Gasteiger partial charge in [0, 0.05) is 5.56 Å². The Balaban J connectivity index is 1.92. The molecule has 2 heterocycles. The van der Waals surface area contributed by atoms with Crippen LogP contribution < -0.4 is 4.90 Å². The summed E-state index contributed by atoms with van der Waals surface area (Å²) in [4.78, 5) is 27.1. The van der Waals surface area contributed by atoms with Gasteiger partial charge in [-0.2, -0.15) is 0 Å². The third-order valence-corrected chi connectivity index (χ3v) is 6.63. The summed E-state index contributed by atoms with van der Waals surface area (Å²) in [5.41, 5.74) is 1.80. The van der Waals surface area contributed by atoms with Crippen LogP contribution in [-0.4, -0.2) is 33.3 Å². The molecule has 9 heteroatoms. The summed E-state index contributed by atoms with van der Waals surface area (Å²) in [5, 5.41) is 19.3. The predicted molar refractivity (Wildman–Crippen MR) is 114 cm³/mol. The van der Waals surface area contributed by atoms with Crippen molar-refractivity contribution in [2.75, 3.05) is 11.2 Å². The number of aryl methyl sites for hydroxylation is 1. The van der Waals surface area contributed by atoms with Gasteiger partial charge in [-0.15, -0.1) is 10.2 Å². The number of benzene rings is 2. The molecule has 0 saturated carbocycles. The molecule has 0 radical (unpaired) electrons. The zero-order chi connectivity index (χ0) is 21.4. The van der Waals surface area contributed by atoms with Gasteiger partial charge in [-0.05, 0) is 30.9 Å². The number of aliphatic hydroxyl groups is 1. The summed E-state index contributed by atoms with van der Waals surface area (Å²) in [7, 11) is 0. The molecule has 1 aliphatic rings. The number of aliphatic hydroxyl groups excluding tert-OH is 1. The first-order valence-corrected chi connectivity index (χ1v) is 11.0. The molecule has 4 rings (SSSR count). The van der Waals surface area contributed by atoms with Crippen LogP contribution in [0.2, 0.25) is 0 Å². The van der Waals surface area contributed by atoms with Crippen LogP contribution in [0.1, 0.15) is 22.7 Å². The molecule has 2 aromatic carbocycles. The first-order valence-electron chi connectivity index (χ1n) is 8.91. The summed E-state index contributed by atoms with van der Waals surface area (Å²) >= 11 is 2.53. The highest BCUT2D eigenvalue weighted by Gasteiger charge is 2.48. The SMILES string of the molecule is CSc1nnc(N2C(=O)C(=O)/C(=C(/O)c3ccc(C)cc3)[C@@H]2c2ccc(F)cc2)s1. The molecule has 1 fully saturated rings. The number of amides is 1. The molecule has 6 nitrogen and oxygen atoms in total. The van der Waals surface area contributed by atoms with Gasteiger partial charge >= 0.3 is 5.91 Å². The van der Waals surface area contributed by atoms with Gasteiger partial charge < -0.3 is 5.11 Å². The molecule has 30 heavy (non-hydrogen) atoms. The number of carbonyl (C=O) groups excluding carboxylic acids is 2. The van der Waals surface area contributed by atoms with E-state index in [2.05, 4.69) is 10.2 Å². The zero-order valence-electron chi connectivity index (χ0n) is 16.0. The van der Waals surface area contributed by atoms with Crippen LogP contribution in [0.3, 0.4) is 0 Å². The predicted octanol–water partition coefficient (Wildman–Crippen LogP) is 4.33. The van der Waals surface area contributed by atoms with Gasteiger partial charge in [0.15, 0.2) is 4.34 Å². The molecule has 152 valence electrons. The van der Waals surface area contributed by atoms with E-state index in [0.717, 1.165) is 16.9 Å². The lowest BCUT2D eigenvalue weighted by atomic mass is 9.95. The maximum Gasteiger partial charge on any atom is 0.301 e. The summed E-state index contributed by atoms with van der Waals surface area (Å²) in [6.45, 7) is 1.90. The Bertz CT molecular complexity index is 1160. The zero-order valence-corrected chi connectivity index (χ0v) is 17.6. The van der Waals surface area contributed by atoms with Gasteiger partial charge in [-0.25, -0.2) is 4.39 Å². The Hall–Kier alpha value is -3.04. The number of anilines is 1. The molecule has 1 atom stereocenters. The van der Waals surface area contributed by atoms with Crippen LogP contribution in [0.15, 0.2) is 58.4 Å². The van der Waals surface area contributed by atoms with E-state index in [1.807, 2.05) is 13.2 Å². The van der Waals surface area contributed by atoms with E-state index in [-0.39, 0.29) is 16.5 Å². The van der Waals surface area contributed by atoms with Gasteiger partial charge in [0.1, 0.15) is 11.6 Å². The van der Waals surface area contributed by atoms with Gasteiger partial charge in [-0.1, -0.05) is 65.1 Å². The van der Waals surface area contributed by atoms with E-state index in [1.165, 1.54) is 40.9 Å². The Morgan fingerprint density at radius 1 is 1.10 bits per heavy atom. The fourth-order valence-electron chi connectivity index (χ4n) is 3.24. The Morgan fingerprint density at radius 3 is 2.37 bits per heavy atom. The monoisotopic (exact) mass is 441 g/mol. The van der Waals surface area contributed by atoms with Crippen LogP contribution in [0, 0.1) is 12.7 Å². The van der Waals surface area contributed by atoms with Crippen molar-refractivity contribution in [2.24, 2.45) is 0 Å². The molecular formula is C21H16FN3O3S2. The average Bonchev–Trinajstić information content (AvgIpc) is 3.31. The van der Waals surface area contributed by atoms with Crippen molar-refractivity contribution >= 4 is 45.7 Å². The first kappa shape index (κ1) is 20.2. The fourth-order valence-corrected chi connectivity index (χ4v) is 4.53. The second-order valence-electron chi connectivity index (χ2n) is 6.64. The lowest BCUT2D eigenvalue weighted by Crippen LogP contribution is -2.29. The maximum atomic E-state index is 13.5. The van der Waals surface area contributed by atoms with Crippen LogP contribution in [0.5, 0.6) is 0 Å². The quantitative estimate of drug-likeness (QED) is 0.213. The highest BCUT2D eigenvalue weighted by Crippen LogP contribution is 2.43. The number of rotatable bonds is 4. The van der Waals surface area contributed by atoms with Crippen LogP contribution in [0.25, 0.3) is 5.76 Å². The van der Waals surface area contributed by atoms with E-state index in [4.69, 9.17) is 0 Å². The number of nitrogens with zero attached hydrogens (tertiary/aromatic N) is 3. The van der Waals surface area contributed by atoms with E-state index < -0.39 is 23.5 Å². The number of thioether (sulfide) groups is 1. The number of aromatic nitrogens is 2. The van der Waals surface area contributed by atoms with Crippen molar-refractivity contribution in [1.29, 1.82) is 0 Å². The minimum absolute atomic E-state index is 0.0728. The molecule has 1 saturated heterocycles. The Labute approximate surface area is 180 Å². The lowest BCUT2D eigenvalue weighted by Gasteiger charge is -2.22. The maximum absolute atomic E-state index is 13.5. The smallest absolute Gasteiger partial charge is 0.301 e. The van der Waals surface area contributed by atoms with E-state index >= 15 is 0 Å². The summed E-state index contributed by atoms with van der Waals surface area (Å²) in [6.07, 6.45) is 1.83. The highest BCUT2D eigenvalue weighted by molar-refractivity contribution is 8.00. The first-order chi connectivity index (χ1) is 14.4. The van der Waals surface area contributed by atoms with E-state index in [1.54, 1.807) is 24.3 Å². The molecule has 3 aromatic rings. The minimum atomic E-state index is -0.949. The summed E-state index contributed by atoms with van der Waals surface area (Å²) in [5.74, 6) is -2.39. The van der Waals surface area contributed by atoms with Crippen molar-refractivity contribution in [3.05, 3.63) is 76.6 Å². The van der Waals surface area contributed by atoms with Gasteiger partial charge in [0.2, 0.25) is 5.13 Å². The lowest BCUT2D eigenvalue weighted by molar-refractivity contribution is -0.132. The highest BCUT2D eigenvalue weighted by atomic mass is 32.2. The Kier molecular flexibility index (Phi) is 5.40. The molecule has 1 aliphatic heterocycles. The number of hydrogen-bond donors (Lipinski definition) is 1. The standard InChI is InChI=1S/C21H16FN3O3S2/c1-11-3-5-13(6-4-11)17(26)15-16(12-7-9-14(22)10-8-12)25(19(28)18(15)27)20-23-24-21(29-2)30-20/h3-10,16,26H,1-2H3/b17-15+/t16-/m0/s1. The van der Waals surface area contributed by atoms with Crippen molar-refractivity contribution in [3.8, 4) is 0 Å². The summed E-state index contributed by atoms with van der Waals surface area (Å²) < 4.78 is 14.2. The number of halogens is 1. The second-order valence-corrected chi connectivity index (χ2v) is 8.65. The van der Waals surface area contributed by atoms with Crippen LogP contribution in [0.4, 0.5) is 9.52 Å². The molecule has 1 aromatic heterocycles. The van der Waals surface area contributed by atoms with Gasteiger partial charge in [0.05, 0.1) is 11.6 Å². The number of hydrogen-bond acceptors (Lipinski definition) is 7. The van der Waals surface area contributed by atoms with Gasteiger partial charge in [-0.3, -0.25) is 14.5 Å². The minimum Gasteiger partial charge on any atom is -0.507 e. The molecule has 0 bridgehead atoms. The molecular weight excluding hydrogens is 425 g/mol. The van der Waals surface area contributed by atoms with Crippen molar-refractivity contribution in [1.82, 2.24) is 10.2 Å². The molecule has 1 N–H and O–H groups in total. The number of ketones is 1. The largest absolute Gasteiger partial charge is 0.507 e. The average molecular weight is 442 g/mol. The topological polar surface area (TPSA) is 83.4 Å². The summed E-state index contributed by atoms with van der Waals surface area (Å²) in [6, 6.07) is 11.5. The van der Waals surface area contributed by atoms with Crippen LogP contribution in [-0.2, 0) is 9.59 Å². The third-order valence-electron chi connectivity index (χ3n) is 4.73. The van der Waals surface area contributed by atoms with Crippen LogP contribution >= 0.6 is 23.1 Å². The van der Waals surface area contributed by atoms with Crippen molar-refractivity contribution in [3.63, 3.8) is 0 Å². The fraction of sp³-hybridized carbons (Fsp3) is 0.143. The molecule has 0 unspecified atom stereocenters. The number of Topliss-reactive ketones (excluding diaryl/α,β-unsaturated/α-hetero) is 1. The molecule has 1 amide bonds. The van der Waals surface area contributed by atoms with Crippen molar-refractivity contribution < 1.29 is 19.1 Å². The van der Waals surface area contributed by atoms with E-state index in [9.17, 15) is 19.1 Å². The van der Waals surface area contributed by atoms with Gasteiger partial charge in [0.25, 0.3) is 5.78 Å². The Morgan fingerprint density at radius 2 is 1.77 bits per heavy atom. The molecule has 0 spiro atoms.